The standard InChI is InChI=1S/C23H25N5O/c1-15-5-4-6-19-20(15)21-22(26-19)23(25-14-24-21)27-11-12-28(16(2)13-27)17-7-9-18(29-3)10-8-17/h4-10,14,16,26H,11-13H2,1-3H3/t16-/m0/s1. The summed E-state index contributed by atoms with van der Waals surface area (Å²) in [5.74, 6) is 1.88. The van der Waals surface area contributed by atoms with E-state index in [0.29, 0.717) is 6.04 Å². The van der Waals surface area contributed by atoms with E-state index < -0.39 is 0 Å². The van der Waals surface area contributed by atoms with Crippen molar-refractivity contribution in [3.05, 3.63) is 54.4 Å². The molecule has 2 aromatic carbocycles. The monoisotopic (exact) mass is 387 g/mol. The van der Waals surface area contributed by atoms with Crippen molar-refractivity contribution in [1.82, 2.24) is 15.0 Å². The summed E-state index contributed by atoms with van der Waals surface area (Å²) in [6.07, 6.45) is 1.69. The number of aromatic nitrogens is 3. The zero-order valence-corrected chi connectivity index (χ0v) is 17.0. The summed E-state index contributed by atoms with van der Waals surface area (Å²) in [5.41, 5.74) is 5.62. The van der Waals surface area contributed by atoms with Crippen molar-refractivity contribution in [2.75, 3.05) is 36.5 Å². The SMILES string of the molecule is COc1ccc(N2CCN(c3ncnc4c3[nH]c3cccc(C)c34)C[C@@H]2C)cc1. The Morgan fingerprint density at radius 3 is 2.66 bits per heavy atom. The highest BCUT2D eigenvalue weighted by Gasteiger charge is 2.26. The number of H-pyrrole nitrogens is 1. The first-order valence-corrected chi connectivity index (χ1v) is 10.0. The van der Waals surface area contributed by atoms with Gasteiger partial charge in [0.25, 0.3) is 0 Å². The number of piperazine rings is 1. The van der Waals surface area contributed by atoms with Gasteiger partial charge in [0.1, 0.15) is 23.1 Å². The summed E-state index contributed by atoms with van der Waals surface area (Å²) >= 11 is 0. The minimum Gasteiger partial charge on any atom is -0.497 e. The molecule has 0 spiro atoms. The molecule has 0 aliphatic carbocycles. The van der Waals surface area contributed by atoms with Gasteiger partial charge < -0.3 is 19.5 Å². The lowest BCUT2D eigenvalue weighted by Gasteiger charge is -2.41. The number of benzene rings is 2. The maximum Gasteiger partial charge on any atom is 0.156 e. The Bertz CT molecular complexity index is 1170. The number of nitrogens with one attached hydrogen (secondary N) is 1. The Morgan fingerprint density at radius 2 is 1.90 bits per heavy atom. The number of anilines is 2. The Morgan fingerprint density at radius 1 is 1.07 bits per heavy atom. The van der Waals surface area contributed by atoms with Crippen LogP contribution in [0.25, 0.3) is 21.9 Å². The van der Waals surface area contributed by atoms with Crippen LogP contribution in [-0.2, 0) is 0 Å². The normalized spacial score (nSPS) is 17.3. The highest BCUT2D eigenvalue weighted by molar-refractivity contribution is 6.09. The molecule has 0 radical (unpaired) electrons. The Balaban J connectivity index is 1.46. The van der Waals surface area contributed by atoms with Crippen molar-refractivity contribution in [2.24, 2.45) is 0 Å². The lowest BCUT2D eigenvalue weighted by molar-refractivity contribution is 0.414. The lowest BCUT2D eigenvalue weighted by Crippen LogP contribution is -2.52. The van der Waals surface area contributed by atoms with Gasteiger partial charge in [-0.15, -0.1) is 0 Å². The van der Waals surface area contributed by atoms with Gasteiger partial charge in [-0.05, 0) is 49.7 Å². The number of rotatable bonds is 3. The quantitative estimate of drug-likeness (QED) is 0.572. The van der Waals surface area contributed by atoms with Gasteiger partial charge >= 0.3 is 0 Å². The predicted octanol–water partition coefficient (Wildman–Crippen LogP) is 4.14. The van der Waals surface area contributed by atoms with E-state index in [2.05, 4.69) is 68.9 Å². The molecule has 0 bridgehead atoms. The Kier molecular flexibility index (Phi) is 4.27. The van der Waals surface area contributed by atoms with Gasteiger partial charge in [-0.1, -0.05) is 12.1 Å². The van der Waals surface area contributed by atoms with Crippen LogP contribution in [0.4, 0.5) is 11.5 Å². The fourth-order valence-corrected chi connectivity index (χ4v) is 4.45. The largest absolute Gasteiger partial charge is 0.497 e. The topological polar surface area (TPSA) is 57.3 Å². The maximum atomic E-state index is 5.29. The molecule has 1 aliphatic heterocycles. The lowest BCUT2D eigenvalue weighted by atomic mass is 10.1. The number of aryl methyl sites for hydroxylation is 1. The molecule has 0 saturated carbocycles. The molecular weight excluding hydrogens is 362 g/mol. The van der Waals surface area contributed by atoms with Gasteiger partial charge in [0, 0.05) is 42.3 Å². The second-order valence-corrected chi connectivity index (χ2v) is 7.73. The van der Waals surface area contributed by atoms with Crippen LogP contribution in [0.2, 0.25) is 0 Å². The molecule has 0 unspecified atom stereocenters. The van der Waals surface area contributed by atoms with Gasteiger partial charge in [-0.2, -0.15) is 0 Å². The van der Waals surface area contributed by atoms with E-state index in [1.807, 2.05) is 12.1 Å². The molecule has 1 saturated heterocycles. The number of aromatic amines is 1. The van der Waals surface area contributed by atoms with Crippen molar-refractivity contribution < 1.29 is 4.74 Å². The van der Waals surface area contributed by atoms with Crippen LogP contribution in [0, 0.1) is 6.92 Å². The van der Waals surface area contributed by atoms with Crippen LogP contribution in [0.3, 0.4) is 0 Å². The maximum absolute atomic E-state index is 5.29. The Hall–Kier alpha value is -3.28. The first-order valence-electron chi connectivity index (χ1n) is 10.0. The molecule has 148 valence electrons. The van der Waals surface area contributed by atoms with Gasteiger partial charge in [-0.25, -0.2) is 9.97 Å². The Labute approximate surface area is 170 Å². The van der Waals surface area contributed by atoms with Crippen molar-refractivity contribution in [3.8, 4) is 5.75 Å². The third kappa shape index (κ3) is 2.95. The number of ether oxygens (including phenoxy) is 1. The van der Waals surface area contributed by atoms with Crippen molar-refractivity contribution in [2.45, 2.75) is 19.9 Å². The summed E-state index contributed by atoms with van der Waals surface area (Å²) in [5, 5.41) is 1.19. The van der Waals surface area contributed by atoms with E-state index in [9.17, 15) is 0 Å². The second kappa shape index (κ2) is 6.95. The average Bonchev–Trinajstić information content (AvgIpc) is 3.14. The number of methoxy groups -OCH3 is 1. The van der Waals surface area contributed by atoms with E-state index in [0.717, 1.165) is 47.8 Å². The van der Waals surface area contributed by atoms with Crippen LogP contribution in [0.15, 0.2) is 48.8 Å². The molecule has 6 heteroatoms. The molecule has 1 N–H and O–H groups in total. The molecule has 29 heavy (non-hydrogen) atoms. The fraction of sp³-hybridized carbons (Fsp3) is 0.304. The third-order valence-electron chi connectivity index (χ3n) is 5.93. The highest BCUT2D eigenvalue weighted by Crippen LogP contribution is 2.32. The molecule has 1 aliphatic rings. The number of fused-ring (bicyclic) bond motifs is 3. The van der Waals surface area contributed by atoms with Crippen molar-refractivity contribution in [3.63, 3.8) is 0 Å². The average molecular weight is 387 g/mol. The molecule has 2 aromatic heterocycles. The van der Waals surface area contributed by atoms with E-state index >= 15 is 0 Å². The molecule has 1 fully saturated rings. The third-order valence-corrected chi connectivity index (χ3v) is 5.93. The van der Waals surface area contributed by atoms with Crippen LogP contribution < -0.4 is 14.5 Å². The van der Waals surface area contributed by atoms with Gasteiger partial charge in [0.2, 0.25) is 0 Å². The smallest absolute Gasteiger partial charge is 0.156 e. The summed E-state index contributed by atoms with van der Waals surface area (Å²) < 4.78 is 5.29. The van der Waals surface area contributed by atoms with Crippen molar-refractivity contribution in [1.29, 1.82) is 0 Å². The predicted molar refractivity (Wildman–Crippen MR) is 118 cm³/mol. The second-order valence-electron chi connectivity index (χ2n) is 7.73. The molecule has 3 heterocycles. The minimum absolute atomic E-state index is 0.369. The zero-order chi connectivity index (χ0) is 20.0. The first-order chi connectivity index (χ1) is 14.2. The first kappa shape index (κ1) is 17.8. The van der Waals surface area contributed by atoms with E-state index in [-0.39, 0.29) is 0 Å². The molecular formula is C23H25N5O. The molecule has 1 atom stereocenters. The number of nitrogens with zero attached hydrogens (tertiary/aromatic N) is 4. The van der Waals surface area contributed by atoms with E-state index in [1.165, 1.54) is 16.6 Å². The summed E-state index contributed by atoms with van der Waals surface area (Å²) in [6, 6.07) is 15.0. The molecule has 0 amide bonds. The van der Waals surface area contributed by atoms with Crippen LogP contribution in [-0.4, -0.2) is 47.7 Å². The molecule has 5 rings (SSSR count). The summed E-state index contributed by atoms with van der Waals surface area (Å²) in [7, 11) is 1.70. The van der Waals surface area contributed by atoms with Gasteiger partial charge in [0.15, 0.2) is 5.82 Å². The van der Waals surface area contributed by atoms with Gasteiger partial charge in [-0.3, -0.25) is 0 Å². The molecule has 6 nitrogen and oxygen atoms in total. The minimum atomic E-state index is 0.369. The van der Waals surface area contributed by atoms with Gasteiger partial charge in [0.05, 0.1) is 7.11 Å². The van der Waals surface area contributed by atoms with Crippen LogP contribution in [0.1, 0.15) is 12.5 Å². The fourth-order valence-electron chi connectivity index (χ4n) is 4.45. The highest BCUT2D eigenvalue weighted by atomic mass is 16.5. The van der Waals surface area contributed by atoms with E-state index in [1.54, 1.807) is 13.4 Å². The summed E-state index contributed by atoms with van der Waals surface area (Å²) in [4.78, 5) is 17.6. The van der Waals surface area contributed by atoms with Crippen molar-refractivity contribution >= 4 is 33.4 Å². The van der Waals surface area contributed by atoms with Crippen LogP contribution in [0.5, 0.6) is 5.75 Å². The van der Waals surface area contributed by atoms with E-state index in [4.69, 9.17) is 4.74 Å². The summed E-state index contributed by atoms with van der Waals surface area (Å²) in [6.45, 7) is 7.17. The zero-order valence-electron chi connectivity index (χ0n) is 17.0. The van der Waals surface area contributed by atoms with Crippen LogP contribution >= 0.6 is 0 Å². The molecule has 4 aromatic rings. The number of hydrogen-bond donors (Lipinski definition) is 1. The number of hydrogen-bond acceptors (Lipinski definition) is 5.